The molecular formula is C16H26FN3O. The molecule has 1 unspecified atom stereocenters. The van der Waals surface area contributed by atoms with Crippen LogP contribution in [0, 0.1) is 5.82 Å². The number of hydrogen-bond acceptors (Lipinski definition) is 4. The Balaban J connectivity index is 2.27. The minimum absolute atomic E-state index is 0.0708. The van der Waals surface area contributed by atoms with Crippen molar-refractivity contribution in [2.75, 3.05) is 32.8 Å². The standard InChI is InChI=1S/C16H26FN3O/c1-4-6-19-15(13-5-7-18-12-14(13)17)16(2,3)20-8-10-21-11-9-20/h5,7,12,15,19H,4,6,8-11H2,1-3H3. The zero-order valence-electron chi connectivity index (χ0n) is 13.2. The lowest BCUT2D eigenvalue weighted by molar-refractivity contribution is -0.0242. The van der Waals surface area contributed by atoms with Gasteiger partial charge in [-0.2, -0.15) is 0 Å². The number of rotatable bonds is 6. The van der Waals surface area contributed by atoms with E-state index in [0.717, 1.165) is 39.3 Å². The van der Waals surface area contributed by atoms with Crippen LogP contribution in [-0.4, -0.2) is 48.3 Å². The fourth-order valence-corrected chi connectivity index (χ4v) is 2.97. The average molecular weight is 295 g/mol. The molecule has 0 aromatic carbocycles. The van der Waals surface area contributed by atoms with Crippen molar-refractivity contribution in [3.8, 4) is 0 Å². The van der Waals surface area contributed by atoms with Crippen molar-refractivity contribution in [1.82, 2.24) is 15.2 Å². The van der Waals surface area contributed by atoms with Crippen LogP contribution in [0.5, 0.6) is 0 Å². The van der Waals surface area contributed by atoms with Gasteiger partial charge < -0.3 is 10.1 Å². The van der Waals surface area contributed by atoms with Crippen molar-refractivity contribution in [2.24, 2.45) is 0 Å². The number of nitrogens with zero attached hydrogens (tertiary/aromatic N) is 2. The summed E-state index contributed by atoms with van der Waals surface area (Å²) >= 11 is 0. The number of aromatic nitrogens is 1. The molecule has 1 aromatic heterocycles. The van der Waals surface area contributed by atoms with Crippen molar-refractivity contribution in [1.29, 1.82) is 0 Å². The fraction of sp³-hybridized carbons (Fsp3) is 0.688. The van der Waals surface area contributed by atoms with Gasteiger partial charge in [-0.05, 0) is 32.9 Å². The lowest BCUT2D eigenvalue weighted by Gasteiger charge is -2.46. The molecule has 2 heterocycles. The molecule has 1 saturated heterocycles. The Bertz CT molecular complexity index is 447. The van der Waals surface area contributed by atoms with Gasteiger partial charge in [0.25, 0.3) is 0 Å². The van der Waals surface area contributed by atoms with Gasteiger partial charge in [0.1, 0.15) is 5.82 Å². The largest absolute Gasteiger partial charge is 0.379 e. The first-order valence-corrected chi connectivity index (χ1v) is 7.73. The molecular weight excluding hydrogens is 269 g/mol. The second kappa shape index (κ2) is 7.29. The van der Waals surface area contributed by atoms with Crippen LogP contribution in [0.2, 0.25) is 0 Å². The minimum atomic E-state index is -0.243. The highest BCUT2D eigenvalue weighted by atomic mass is 19.1. The van der Waals surface area contributed by atoms with Crippen molar-refractivity contribution >= 4 is 0 Å². The molecule has 1 N–H and O–H groups in total. The Labute approximate surface area is 126 Å². The van der Waals surface area contributed by atoms with E-state index in [9.17, 15) is 4.39 Å². The van der Waals surface area contributed by atoms with Gasteiger partial charge in [-0.1, -0.05) is 6.92 Å². The molecule has 1 aromatic rings. The van der Waals surface area contributed by atoms with Crippen LogP contribution in [0.15, 0.2) is 18.5 Å². The Kier molecular flexibility index (Phi) is 5.67. The first-order valence-electron chi connectivity index (χ1n) is 7.73. The number of morpholine rings is 1. The van der Waals surface area contributed by atoms with Gasteiger partial charge in [-0.25, -0.2) is 4.39 Å². The normalized spacial score (nSPS) is 18.7. The average Bonchev–Trinajstić information content (AvgIpc) is 2.50. The quantitative estimate of drug-likeness (QED) is 0.874. The first kappa shape index (κ1) is 16.3. The highest BCUT2D eigenvalue weighted by Gasteiger charge is 2.38. The van der Waals surface area contributed by atoms with E-state index in [2.05, 4.69) is 36.0 Å². The number of nitrogens with one attached hydrogen (secondary N) is 1. The molecule has 118 valence electrons. The summed E-state index contributed by atoms with van der Waals surface area (Å²) in [7, 11) is 0. The lowest BCUT2D eigenvalue weighted by atomic mass is 9.86. The zero-order valence-corrected chi connectivity index (χ0v) is 13.2. The smallest absolute Gasteiger partial charge is 0.146 e. The molecule has 1 aliphatic heterocycles. The molecule has 0 radical (unpaired) electrons. The van der Waals surface area contributed by atoms with Crippen molar-refractivity contribution in [2.45, 2.75) is 38.8 Å². The molecule has 0 bridgehead atoms. The first-order chi connectivity index (χ1) is 10.1. The summed E-state index contributed by atoms with van der Waals surface area (Å²) in [6.07, 6.45) is 3.97. The molecule has 0 amide bonds. The molecule has 1 fully saturated rings. The van der Waals surface area contributed by atoms with Crippen molar-refractivity contribution < 1.29 is 9.13 Å². The summed E-state index contributed by atoms with van der Waals surface area (Å²) < 4.78 is 19.7. The Morgan fingerprint density at radius 1 is 1.43 bits per heavy atom. The monoisotopic (exact) mass is 295 g/mol. The van der Waals surface area contributed by atoms with Gasteiger partial charge in [-0.15, -0.1) is 0 Å². The number of pyridine rings is 1. The fourth-order valence-electron chi connectivity index (χ4n) is 2.97. The lowest BCUT2D eigenvalue weighted by Crippen LogP contribution is -2.56. The van der Waals surface area contributed by atoms with Crippen LogP contribution < -0.4 is 5.32 Å². The van der Waals surface area contributed by atoms with E-state index >= 15 is 0 Å². The van der Waals surface area contributed by atoms with E-state index in [1.54, 1.807) is 12.3 Å². The SMILES string of the molecule is CCCNC(c1ccncc1F)C(C)(C)N1CCOCC1. The van der Waals surface area contributed by atoms with E-state index in [-0.39, 0.29) is 17.4 Å². The van der Waals surface area contributed by atoms with E-state index in [1.165, 1.54) is 6.20 Å². The second-order valence-corrected chi connectivity index (χ2v) is 6.04. The minimum Gasteiger partial charge on any atom is -0.379 e. The van der Waals surface area contributed by atoms with Crippen molar-refractivity contribution in [3.63, 3.8) is 0 Å². The summed E-state index contributed by atoms with van der Waals surface area (Å²) in [5.74, 6) is -0.243. The number of hydrogen-bond donors (Lipinski definition) is 1. The molecule has 0 spiro atoms. The third-order valence-corrected chi connectivity index (χ3v) is 4.25. The van der Waals surface area contributed by atoms with Gasteiger partial charge in [0.05, 0.1) is 25.5 Å². The topological polar surface area (TPSA) is 37.4 Å². The predicted octanol–water partition coefficient (Wildman–Crippen LogP) is 2.37. The maximum Gasteiger partial charge on any atom is 0.146 e. The van der Waals surface area contributed by atoms with Crippen LogP contribution >= 0.6 is 0 Å². The second-order valence-electron chi connectivity index (χ2n) is 6.04. The number of ether oxygens (including phenoxy) is 1. The van der Waals surface area contributed by atoms with Crippen molar-refractivity contribution in [3.05, 3.63) is 29.8 Å². The summed E-state index contributed by atoms with van der Waals surface area (Å²) in [6, 6.07) is 1.71. The molecule has 5 heteroatoms. The Morgan fingerprint density at radius 2 is 2.14 bits per heavy atom. The van der Waals surface area contributed by atoms with Crippen LogP contribution in [0.25, 0.3) is 0 Å². The maximum atomic E-state index is 14.2. The Hall–Kier alpha value is -1.04. The molecule has 0 aliphatic carbocycles. The Morgan fingerprint density at radius 3 is 2.76 bits per heavy atom. The summed E-state index contributed by atoms with van der Waals surface area (Å²) in [5, 5.41) is 3.51. The van der Waals surface area contributed by atoms with Crippen LogP contribution in [0.1, 0.15) is 38.8 Å². The van der Waals surface area contributed by atoms with Gasteiger partial charge >= 0.3 is 0 Å². The predicted molar refractivity (Wildman–Crippen MR) is 81.7 cm³/mol. The molecule has 4 nitrogen and oxygen atoms in total. The summed E-state index contributed by atoms with van der Waals surface area (Å²) in [6.45, 7) is 10.6. The molecule has 1 atom stereocenters. The van der Waals surface area contributed by atoms with E-state index in [4.69, 9.17) is 4.74 Å². The van der Waals surface area contributed by atoms with Gasteiger partial charge in [-0.3, -0.25) is 9.88 Å². The molecule has 0 saturated carbocycles. The van der Waals surface area contributed by atoms with E-state index < -0.39 is 0 Å². The third kappa shape index (κ3) is 3.78. The van der Waals surface area contributed by atoms with Crippen LogP contribution in [0.4, 0.5) is 4.39 Å². The summed E-state index contributed by atoms with van der Waals surface area (Å²) in [4.78, 5) is 6.24. The maximum absolute atomic E-state index is 14.2. The van der Waals surface area contributed by atoms with Crippen LogP contribution in [-0.2, 0) is 4.74 Å². The summed E-state index contributed by atoms with van der Waals surface area (Å²) in [5.41, 5.74) is 0.496. The zero-order chi connectivity index (χ0) is 15.3. The molecule has 1 aliphatic rings. The number of halogens is 1. The van der Waals surface area contributed by atoms with E-state index in [1.807, 2.05) is 0 Å². The van der Waals surface area contributed by atoms with Crippen LogP contribution in [0.3, 0.4) is 0 Å². The molecule has 21 heavy (non-hydrogen) atoms. The van der Waals surface area contributed by atoms with Gasteiger partial charge in [0.15, 0.2) is 0 Å². The van der Waals surface area contributed by atoms with Gasteiger partial charge in [0, 0.05) is 30.4 Å². The highest BCUT2D eigenvalue weighted by Crippen LogP contribution is 2.32. The van der Waals surface area contributed by atoms with Gasteiger partial charge in [0.2, 0.25) is 0 Å². The third-order valence-electron chi connectivity index (χ3n) is 4.25. The highest BCUT2D eigenvalue weighted by molar-refractivity contribution is 5.22. The van der Waals surface area contributed by atoms with E-state index in [0.29, 0.717) is 5.56 Å². The molecule has 2 rings (SSSR count).